The molecule has 1 aliphatic rings. The lowest BCUT2D eigenvalue weighted by Crippen LogP contribution is -2.49. The standard InChI is InChI=1S/C25H30Cl2N4O2/c1-25(2,3)33-24(32)30-13-7-6-8-19(30)15-28-23-29-21-9-4-5-10-22(21)31(23)16-17-14-18(26)11-12-20(17)27/h4-5,9-12,14,19H,6-8,13,15-16H2,1-3H3,(H,28,29)/t19-/m0/s1. The molecule has 3 aromatic rings. The zero-order valence-electron chi connectivity index (χ0n) is 19.3. The Balaban J connectivity index is 1.57. The second-order valence-electron chi connectivity index (χ2n) is 9.45. The van der Waals surface area contributed by atoms with Gasteiger partial charge in [-0.05, 0) is 75.9 Å². The van der Waals surface area contributed by atoms with E-state index in [1.165, 1.54) is 0 Å². The average molecular weight is 489 g/mol. The minimum Gasteiger partial charge on any atom is -0.444 e. The van der Waals surface area contributed by atoms with Gasteiger partial charge in [0, 0.05) is 23.1 Å². The third-order valence-electron chi connectivity index (χ3n) is 5.74. The van der Waals surface area contributed by atoms with Crippen LogP contribution in [0, 0.1) is 0 Å². The van der Waals surface area contributed by atoms with Gasteiger partial charge >= 0.3 is 6.09 Å². The maximum Gasteiger partial charge on any atom is 0.410 e. The summed E-state index contributed by atoms with van der Waals surface area (Å²) >= 11 is 12.7. The molecule has 0 radical (unpaired) electrons. The summed E-state index contributed by atoms with van der Waals surface area (Å²) in [5.74, 6) is 0.738. The Labute approximate surface area is 204 Å². The highest BCUT2D eigenvalue weighted by molar-refractivity contribution is 6.33. The number of para-hydroxylation sites is 2. The lowest BCUT2D eigenvalue weighted by atomic mass is 10.0. The van der Waals surface area contributed by atoms with E-state index in [1.807, 2.05) is 62.1 Å². The molecule has 0 unspecified atom stereocenters. The number of carbonyl (C=O) groups excluding carboxylic acids is 1. The van der Waals surface area contributed by atoms with Gasteiger partial charge in [-0.2, -0.15) is 0 Å². The molecule has 4 rings (SSSR count). The number of carbonyl (C=O) groups is 1. The molecule has 0 bridgehead atoms. The number of rotatable bonds is 5. The highest BCUT2D eigenvalue weighted by Gasteiger charge is 2.30. The van der Waals surface area contributed by atoms with E-state index in [-0.39, 0.29) is 12.1 Å². The molecule has 1 fully saturated rings. The van der Waals surface area contributed by atoms with Crippen molar-refractivity contribution in [1.82, 2.24) is 14.5 Å². The first-order valence-corrected chi connectivity index (χ1v) is 12.1. The normalized spacial score (nSPS) is 16.8. The Bertz CT molecular complexity index is 1140. The first-order chi connectivity index (χ1) is 15.7. The zero-order valence-corrected chi connectivity index (χ0v) is 20.8. The van der Waals surface area contributed by atoms with Crippen LogP contribution in [0.4, 0.5) is 10.7 Å². The van der Waals surface area contributed by atoms with Crippen LogP contribution in [0.2, 0.25) is 10.0 Å². The minimum atomic E-state index is -0.517. The van der Waals surface area contributed by atoms with Crippen LogP contribution in [0.25, 0.3) is 11.0 Å². The van der Waals surface area contributed by atoms with Gasteiger partial charge in [0.2, 0.25) is 5.95 Å². The van der Waals surface area contributed by atoms with Gasteiger partial charge in [-0.3, -0.25) is 0 Å². The van der Waals surface area contributed by atoms with Gasteiger partial charge in [-0.25, -0.2) is 9.78 Å². The van der Waals surface area contributed by atoms with Crippen molar-refractivity contribution in [2.75, 3.05) is 18.4 Å². The van der Waals surface area contributed by atoms with Gasteiger partial charge in [0.15, 0.2) is 0 Å². The molecule has 2 aromatic carbocycles. The van der Waals surface area contributed by atoms with Crippen molar-refractivity contribution in [3.8, 4) is 0 Å². The maximum atomic E-state index is 12.8. The number of imidazole rings is 1. The number of fused-ring (bicyclic) bond motifs is 1. The number of ether oxygens (including phenoxy) is 1. The molecule has 1 aliphatic heterocycles. The third kappa shape index (κ3) is 5.74. The first kappa shape index (κ1) is 23.7. The number of benzene rings is 2. The Hall–Kier alpha value is -2.44. The van der Waals surface area contributed by atoms with E-state index in [0.717, 1.165) is 41.8 Å². The Kier molecular flexibility index (Phi) is 7.05. The smallest absolute Gasteiger partial charge is 0.410 e. The second-order valence-corrected chi connectivity index (χ2v) is 10.3. The molecule has 1 atom stereocenters. The summed E-state index contributed by atoms with van der Waals surface area (Å²) in [4.78, 5) is 19.4. The molecule has 1 amide bonds. The van der Waals surface area contributed by atoms with Gasteiger partial charge in [-0.15, -0.1) is 0 Å². The van der Waals surface area contributed by atoms with Gasteiger partial charge in [0.25, 0.3) is 0 Å². The van der Waals surface area contributed by atoms with Crippen molar-refractivity contribution >= 4 is 46.3 Å². The lowest BCUT2D eigenvalue weighted by Gasteiger charge is -2.36. The number of nitrogens with one attached hydrogen (secondary N) is 1. The predicted molar refractivity (Wildman–Crippen MR) is 134 cm³/mol. The number of aromatic nitrogens is 2. The summed E-state index contributed by atoms with van der Waals surface area (Å²) in [5.41, 5.74) is 2.30. The van der Waals surface area contributed by atoms with Crippen LogP contribution in [0.5, 0.6) is 0 Å². The summed E-state index contributed by atoms with van der Waals surface area (Å²) in [6.07, 6.45) is 2.74. The number of hydrogen-bond acceptors (Lipinski definition) is 4. The molecule has 0 aliphatic carbocycles. The van der Waals surface area contributed by atoms with Gasteiger partial charge < -0.3 is 19.5 Å². The first-order valence-electron chi connectivity index (χ1n) is 11.3. The van der Waals surface area contributed by atoms with Crippen molar-refractivity contribution in [2.24, 2.45) is 0 Å². The van der Waals surface area contributed by atoms with Crippen molar-refractivity contribution < 1.29 is 9.53 Å². The molecule has 6 nitrogen and oxygen atoms in total. The zero-order chi connectivity index (χ0) is 23.6. The van der Waals surface area contributed by atoms with Crippen LogP contribution in [-0.2, 0) is 11.3 Å². The second kappa shape index (κ2) is 9.82. The van der Waals surface area contributed by atoms with E-state index in [2.05, 4.69) is 9.88 Å². The van der Waals surface area contributed by atoms with E-state index in [4.69, 9.17) is 32.9 Å². The van der Waals surface area contributed by atoms with Crippen molar-refractivity contribution in [3.05, 3.63) is 58.1 Å². The van der Waals surface area contributed by atoms with E-state index in [1.54, 1.807) is 6.07 Å². The van der Waals surface area contributed by atoms with Crippen LogP contribution >= 0.6 is 23.2 Å². The molecule has 176 valence electrons. The van der Waals surface area contributed by atoms with Crippen LogP contribution in [0.1, 0.15) is 45.6 Å². The summed E-state index contributed by atoms with van der Waals surface area (Å²) in [6, 6.07) is 13.5. The topological polar surface area (TPSA) is 59.4 Å². The van der Waals surface area contributed by atoms with E-state index < -0.39 is 5.60 Å². The summed E-state index contributed by atoms with van der Waals surface area (Å²) in [6.45, 7) is 7.51. The quantitative estimate of drug-likeness (QED) is 0.439. The third-order valence-corrected chi connectivity index (χ3v) is 6.35. The Morgan fingerprint density at radius 3 is 2.76 bits per heavy atom. The van der Waals surface area contributed by atoms with E-state index in [9.17, 15) is 4.79 Å². The molecule has 0 saturated carbocycles. The van der Waals surface area contributed by atoms with Crippen LogP contribution < -0.4 is 5.32 Å². The number of anilines is 1. The fourth-order valence-corrected chi connectivity index (χ4v) is 4.56. The van der Waals surface area contributed by atoms with Crippen molar-refractivity contribution in [3.63, 3.8) is 0 Å². The Morgan fingerprint density at radius 2 is 1.97 bits per heavy atom. The summed E-state index contributed by atoms with van der Waals surface area (Å²) in [7, 11) is 0. The molecule has 1 saturated heterocycles. The number of hydrogen-bond donors (Lipinski definition) is 1. The van der Waals surface area contributed by atoms with Crippen LogP contribution in [0.15, 0.2) is 42.5 Å². The molecular formula is C25H30Cl2N4O2. The van der Waals surface area contributed by atoms with E-state index in [0.29, 0.717) is 29.7 Å². The molecule has 2 heterocycles. The highest BCUT2D eigenvalue weighted by Crippen LogP contribution is 2.27. The summed E-state index contributed by atoms with van der Waals surface area (Å²) in [5, 5.41) is 4.80. The molecule has 8 heteroatoms. The number of halogens is 2. The van der Waals surface area contributed by atoms with Crippen molar-refractivity contribution in [1.29, 1.82) is 0 Å². The highest BCUT2D eigenvalue weighted by atomic mass is 35.5. The van der Waals surface area contributed by atoms with Gasteiger partial charge in [0.1, 0.15) is 5.60 Å². The van der Waals surface area contributed by atoms with E-state index >= 15 is 0 Å². The number of likely N-dealkylation sites (tertiary alicyclic amines) is 1. The monoisotopic (exact) mass is 488 g/mol. The minimum absolute atomic E-state index is 0.0385. The average Bonchev–Trinajstić information content (AvgIpc) is 3.11. The van der Waals surface area contributed by atoms with Crippen LogP contribution in [0.3, 0.4) is 0 Å². The maximum absolute atomic E-state index is 12.8. The Morgan fingerprint density at radius 1 is 1.18 bits per heavy atom. The number of nitrogens with zero attached hydrogens (tertiary/aromatic N) is 3. The lowest BCUT2D eigenvalue weighted by molar-refractivity contribution is 0.0114. The largest absolute Gasteiger partial charge is 0.444 e. The molecular weight excluding hydrogens is 459 g/mol. The van der Waals surface area contributed by atoms with Crippen LogP contribution in [-0.4, -0.2) is 45.3 Å². The number of amides is 1. The molecule has 33 heavy (non-hydrogen) atoms. The number of piperidine rings is 1. The molecule has 1 aromatic heterocycles. The fraction of sp³-hybridized carbons (Fsp3) is 0.440. The fourth-order valence-electron chi connectivity index (χ4n) is 4.19. The summed E-state index contributed by atoms with van der Waals surface area (Å²) < 4.78 is 7.75. The molecule has 0 spiro atoms. The van der Waals surface area contributed by atoms with Crippen molar-refractivity contribution in [2.45, 2.75) is 58.2 Å². The molecule has 1 N–H and O–H groups in total. The SMILES string of the molecule is CC(C)(C)OC(=O)N1CCCC[C@H]1CNc1nc2ccccc2n1Cc1cc(Cl)ccc1Cl. The van der Waals surface area contributed by atoms with Gasteiger partial charge in [0.05, 0.1) is 23.6 Å². The van der Waals surface area contributed by atoms with Gasteiger partial charge in [-0.1, -0.05) is 35.3 Å². The predicted octanol–water partition coefficient (Wildman–Crippen LogP) is 6.59.